The predicted octanol–water partition coefficient (Wildman–Crippen LogP) is 2.17. The second kappa shape index (κ2) is 4.83. The minimum atomic E-state index is -0.371. The van der Waals surface area contributed by atoms with Crippen molar-refractivity contribution in [3.63, 3.8) is 0 Å². The maximum Gasteiger partial charge on any atom is 0.202 e. The highest BCUT2D eigenvalue weighted by Crippen LogP contribution is 2.25. The summed E-state index contributed by atoms with van der Waals surface area (Å²) in [5.41, 5.74) is 0.719. The number of nitrogens with zero attached hydrogens (tertiary/aromatic N) is 1. The third-order valence-electron chi connectivity index (χ3n) is 2.10. The monoisotopic (exact) mass is 227 g/mol. The molecule has 0 aliphatic carbocycles. The lowest BCUT2D eigenvalue weighted by Gasteiger charge is -2.03. The Morgan fingerprint density at radius 3 is 3.00 bits per heavy atom. The second-order valence-electron chi connectivity index (χ2n) is 3.32. The summed E-state index contributed by atoms with van der Waals surface area (Å²) in [7, 11) is 0. The molecule has 0 saturated carbocycles. The van der Waals surface area contributed by atoms with Crippen molar-refractivity contribution in [2.24, 2.45) is 0 Å². The number of carbonyl (C=O) groups excluding carboxylic acids is 1. The van der Waals surface area contributed by atoms with E-state index in [1.54, 1.807) is 0 Å². The third kappa shape index (κ3) is 2.42. The second-order valence-corrected chi connectivity index (χ2v) is 4.18. The number of rotatable bonds is 4. The van der Waals surface area contributed by atoms with E-state index in [-0.39, 0.29) is 12.1 Å². The number of ether oxygens (including phenoxy) is 2. The van der Waals surface area contributed by atoms with Gasteiger partial charge in [0, 0.05) is 11.8 Å². The molecule has 0 spiro atoms. The van der Waals surface area contributed by atoms with Crippen molar-refractivity contribution in [2.45, 2.75) is 26.1 Å². The van der Waals surface area contributed by atoms with E-state index < -0.39 is 0 Å². The number of thiazole rings is 1. The number of hydrogen-bond acceptors (Lipinski definition) is 5. The summed E-state index contributed by atoms with van der Waals surface area (Å²) < 4.78 is 10.6. The molecule has 5 heteroatoms. The first-order valence-electron chi connectivity index (χ1n) is 5.03. The number of carbonyl (C=O) groups is 1. The molecule has 0 atom stereocenters. The van der Waals surface area contributed by atoms with Gasteiger partial charge in [-0.25, -0.2) is 4.98 Å². The van der Waals surface area contributed by atoms with Gasteiger partial charge in [0.15, 0.2) is 10.8 Å². The van der Waals surface area contributed by atoms with E-state index in [1.165, 1.54) is 11.3 Å². The summed E-state index contributed by atoms with van der Waals surface area (Å²) in [5.74, 6) is 0.103. The van der Waals surface area contributed by atoms with Gasteiger partial charge in [-0.1, -0.05) is 6.92 Å². The van der Waals surface area contributed by atoms with Gasteiger partial charge in [0.1, 0.15) is 5.69 Å². The van der Waals surface area contributed by atoms with E-state index in [0.29, 0.717) is 24.6 Å². The molecule has 15 heavy (non-hydrogen) atoms. The lowest BCUT2D eigenvalue weighted by molar-refractivity contribution is -0.0469. The van der Waals surface area contributed by atoms with Crippen LogP contribution in [0, 0.1) is 0 Å². The van der Waals surface area contributed by atoms with Crippen LogP contribution in [0.15, 0.2) is 5.38 Å². The molecule has 1 aliphatic rings. The van der Waals surface area contributed by atoms with Gasteiger partial charge in [-0.2, -0.15) is 0 Å². The summed E-state index contributed by atoms with van der Waals surface area (Å²) >= 11 is 1.36. The van der Waals surface area contributed by atoms with Crippen molar-refractivity contribution in [2.75, 3.05) is 13.2 Å². The quantitative estimate of drug-likeness (QED) is 0.740. The van der Waals surface area contributed by atoms with Crippen LogP contribution in [0.5, 0.6) is 0 Å². The molecule has 0 N–H and O–H groups in total. The molecular weight excluding hydrogens is 214 g/mol. The normalized spacial score (nSPS) is 17.1. The Bertz CT molecular complexity index is 344. The fourth-order valence-electron chi connectivity index (χ4n) is 1.39. The average molecular weight is 227 g/mol. The Kier molecular flexibility index (Phi) is 3.45. The molecule has 0 bridgehead atoms. The van der Waals surface area contributed by atoms with Crippen LogP contribution in [0.3, 0.4) is 0 Å². The van der Waals surface area contributed by atoms with Gasteiger partial charge in [-0.05, 0) is 6.42 Å². The van der Waals surface area contributed by atoms with Crippen molar-refractivity contribution < 1.29 is 14.3 Å². The highest BCUT2D eigenvalue weighted by atomic mass is 32.1. The van der Waals surface area contributed by atoms with Gasteiger partial charge < -0.3 is 9.47 Å². The minimum Gasteiger partial charge on any atom is -0.345 e. The van der Waals surface area contributed by atoms with E-state index in [4.69, 9.17) is 9.47 Å². The molecule has 1 aromatic heterocycles. The Labute approximate surface area is 92.2 Å². The highest BCUT2D eigenvalue weighted by molar-refractivity contribution is 7.11. The summed E-state index contributed by atoms with van der Waals surface area (Å²) in [5, 5.41) is 2.39. The third-order valence-corrected chi connectivity index (χ3v) is 3.00. The van der Waals surface area contributed by atoms with E-state index in [2.05, 4.69) is 4.98 Å². The van der Waals surface area contributed by atoms with Crippen LogP contribution in [-0.4, -0.2) is 24.0 Å². The fourth-order valence-corrected chi connectivity index (χ4v) is 2.17. The van der Waals surface area contributed by atoms with Crippen molar-refractivity contribution in [1.82, 2.24) is 4.98 Å². The molecule has 2 heterocycles. The maximum atomic E-state index is 11.5. The average Bonchev–Trinajstić information content (AvgIpc) is 2.89. The van der Waals surface area contributed by atoms with Crippen molar-refractivity contribution >= 4 is 17.1 Å². The van der Waals surface area contributed by atoms with Crippen molar-refractivity contribution in [3.8, 4) is 0 Å². The van der Waals surface area contributed by atoms with Crippen molar-refractivity contribution in [1.29, 1.82) is 0 Å². The number of aromatic nitrogens is 1. The van der Waals surface area contributed by atoms with Crippen LogP contribution in [0.1, 0.15) is 41.6 Å². The number of hydrogen-bond donors (Lipinski definition) is 0. The van der Waals surface area contributed by atoms with E-state index in [9.17, 15) is 4.79 Å². The smallest absolute Gasteiger partial charge is 0.202 e. The Morgan fingerprint density at radius 1 is 1.60 bits per heavy atom. The largest absolute Gasteiger partial charge is 0.345 e. The molecule has 0 aromatic carbocycles. The summed E-state index contributed by atoms with van der Waals surface area (Å²) in [6, 6.07) is 0. The fraction of sp³-hybridized carbons (Fsp3) is 0.600. The number of ketones is 1. The Morgan fingerprint density at radius 2 is 2.33 bits per heavy atom. The first kappa shape index (κ1) is 10.7. The van der Waals surface area contributed by atoms with Gasteiger partial charge in [-0.15, -0.1) is 11.3 Å². The van der Waals surface area contributed by atoms with Gasteiger partial charge >= 0.3 is 0 Å². The molecular formula is C10H13NO3S. The van der Waals surface area contributed by atoms with E-state index in [1.807, 2.05) is 12.3 Å². The lowest BCUT2D eigenvalue weighted by atomic mass is 10.2. The molecule has 0 radical (unpaired) electrons. The zero-order valence-electron chi connectivity index (χ0n) is 8.56. The molecule has 1 aliphatic heterocycles. The number of Topliss-reactive ketones (excluding diaryl/α,β-unsaturated/α-hetero) is 1. The van der Waals surface area contributed by atoms with Gasteiger partial charge in [0.2, 0.25) is 6.29 Å². The molecule has 4 nitrogen and oxygen atoms in total. The zero-order chi connectivity index (χ0) is 10.7. The Hall–Kier alpha value is -0.780. The van der Waals surface area contributed by atoms with Gasteiger partial charge in [0.05, 0.1) is 13.2 Å². The minimum absolute atomic E-state index is 0.103. The standard InChI is InChI=1S/C10H13NO3S/c1-2-3-8(12)9-11-7(6-15-9)10-13-4-5-14-10/h6,10H,2-5H2,1H3. The topological polar surface area (TPSA) is 48.4 Å². The lowest BCUT2D eigenvalue weighted by Crippen LogP contribution is -2.01. The summed E-state index contributed by atoms with van der Waals surface area (Å²) in [6.45, 7) is 3.18. The first-order chi connectivity index (χ1) is 7.31. The molecule has 82 valence electrons. The molecule has 0 unspecified atom stereocenters. The molecule has 2 rings (SSSR count). The van der Waals surface area contributed by atoms with Gasteiger partial charge in [0.25, 0.3) is 0 Å². The van der Waals surface area contributed by atoms with Crippen LogP contribution in [0.2, 0.25) is 0 Å². The van der Waals surface area contributed by atoms with Crippen LogP contribution >= 0.6 is 11.3 Å². The zero-order valence-corrected chi connectivity index (χ0v) is 9.38. The summed E-state index contributed by atoms with van der Waals surface area (Å²) in [4.78, 5) is 15.8. The van der Waals surface area contributed by atoms with Crippen LogP contribution in [0.4, 0.5) is 0 Å². The van der Waals surface area contributed by atoms with Crippen LogP contribution in [-0.2, 0) is 9.47 Å². The maximum absolute atomic E-state index is 11.5. The van der Waals surface area contributed by atoms with E-state index in [0.717, 1.165) is 12.1 Å². The van der Waals surface area contributed by atoms with Crippen molar-refractivity contribution in [3.05, 3.63) is 16.1 Å². The molecule has 1 saturated heterocycles. The predicted molar refractivity (Wildman–Crippen MR) is 56.0 cm³/mol. The highest BCUT2D eigenvalue weighted by Gasteiger charge is 2.22. The molecule has 1 aromatic rings. The molecule has 0 amide bonds. The SMILES string of the molecule is CCCC(=O)c1nc(C2OCCO2)cs1. The summed E-state index contributed by atoms with van der Waals surface area (Å²) in [6.07, 6.45) is 1.04. The van der Waals surface area contributed by atoms with Crippen LogP contribution < -0.4 is 0 Å². The van der Waals surface area contributed by atoms with Gasteiger partial charge in [-0.3, -0.25) is 4.79 Å². The first-order valence-corrected chi connectivity index (χ1v) is 5.91. The van der Waals surface area contributed by atoms with Crippen LogP contribution in [0.25, 0.3) is 0 Å². The van der Waals surface area contributed by atoms with E-state index >= 15 is 0 Å². The molecule has 1 fully saturated rings. The Balaban J connectivity index is 2.06.